The average molecular weight is 395 g/mol. The fourth-order valence-corrected chi connectivity index (χ4v) is 2.97. The Labute approximate surface area is 152 Å². The van der Waals surface area contributed by atoms with Crippen LogP contribution >= 0.6 is 23.4 Å². The van der Waals surface area contributed by atoms with Crippen LogP contribution in [0.2, 0.25) is 5.02 Å². The summed E-state index contributed by atoms with van der Waals surface area (Å²) in [4.78, 5) is 12.3. The molecule has 2 rings (SSSR count). The number of thioether (sulfide) groups is 1. The van der Waals surface area contributed by atoms with E-state index < -0.39 is 17.0 Å². The number of carbonyl (C=O) groups excluding carboxylic acids is 1. The van der Waals surface area contributed by atoms with Crippen LogP contribution in [0.1, 0.15) is 39.7 Å². The van der Waals surface area contributed by atoms with Gasteiger partial charge in [0.25, 0.3) is 0 Å². The molecule has 1 amide bonds. The third-order valence-corrected chi connectivity index (χ3v) is 5.09. The number of nitrogens with zero attached hydrogens (tertiary/aromatic N) is 3. The van der Waals surface area contributed by atoms with E-state index in [0.29, 0.717) is 0 Å². The Hall–Kier alpha value is -1.48. The summed E-state index contributed by atoms with van der Waals surface area (Å²) in [6.07, 6.45) is -2.92. The molecule has 0 saturated carbocycles. The van der Waals surface area contributed by atoms with Crippen LogP contribution in [0.15, 0.2) is 17.4 Å². The predicted octanol–water partition coefficient (Wildman–Crippen LogP) is 4.19. The van der Waals surface area contributed by atoms with Crippen molar-refractivity contribution >= 4 is 34.9 Å². The Morgan fingerprint density at radius 1 is 1.40 bits per heavy atom. The van der Waals surface area contributed by atoms with Crippen molar-refractivity contribution in [2.75, 3.05) is 0 Å². The van der Waals surface area contributed by atoms with Crippen LogP contribution in [0.4, 0.5) is 13.2 Å². The largest absolute Gasteiger partial charge is 0.417 e. The van der Waals surface area contributed by atoms with Gasteiger partial charge < -0.3 is 5.32 Å². The molecule has 2 aromatic rings. The molecular formula is C15H18ClF3N4OS. The summed E-state index contributed by atoms with van der Waals surface area (Å²) in [5, 5.41) is 10.0. The Kier molecular flexibility index (Phi) is 5.58. The number of carbonyl (C=O) groups is 1. The summed E-state index contributed by atoms with van der Waals surface area (Å²) in [6.45, 7) is 7.39. The minimum absolute atomic E-state index is 0.110. The molecule has 0 aliphatic carbocycles. The van der Waals surface area contributed by atoms with Gasteiger partial charge in [-0.3, -0.25) is 9.20 Å². The molecule has 2 heterocycles. The van der Waals surface area contributed by atoms with Crippen LogP contribution in [-0.2, 0) is 11.0 Å². The fourth-order valence-electron chi connectivity index (χ4n) is 1.90. The lowest BCUT2D eigenvalue weighted by molar-refractivity contribution is -0.137. The number of hydrogen-bond donors (Lipinski definition) is 1. The molecule has 0 aliphatic rings. The van der Waals surface area contributed by atoms with E-state index in [1.807, 2.05) is 20.8 Å². The number of aromatic nitrogens is 3. The highest BCUT2D eigenvalue weighted by molar-refractivity contribution is 8.00. The van der Waals surface area contributed by atoms with Gasteiger partial charge in [0.1, 0.15) is 0 Å². The minimum Gasteiger partial charge on any atom is -0.350 e. The number of pyridine rings is 1. The first-order valence-electron chi connectivity index (χ1n) is 7.55. The SMILES string of the molecule is CCC(C)(C)NC(=O)C(C)Sc1nnc2c(Cl)cc(C(F)(F)F)cn12. The van der Waals surface area contributed by atoms with Gasteiger partial charge >= 0.3 is 6.18 Å². The van der Waals surface area contributed by atoms with Gasteiger partial charge in [-0.15, -0.1) is 10.2 Å². The highest BCUT2D eigenvalue weighted by Gasteiger charge is 2.32. The van der Waals surface area contributed by atoms with E-state index in [1.165, 1.54) is 0 Å². The van der Waals surface area contributed by atoms with Crippen molar-refractivity contribution in [1.82, 2.24) is 19.9 Å². The number of rotatable bonds is 5. The van der Waals surface area contributed by atoms with Crippen molar-refractivity contribution in [3.8, 4) is 0 Å². The van der Waals surface area contributed by atoms with Gasteiger partial charge in [-0.2, -0.15) is 13.2 Å². The van der Waals surface area contributed by atoms with E-state index in [-0.39, 0.29) is 27.3 Å². The zero-order valence-electron chi connectivity index (χ0n) is 14.1. The standard InChI is InChI=1S/C15H18ClF3N4OS/c1-5-14(3,4)20-12(24)8(2)25-13-22-21-11-10(16)6-9(7-23(11)13)15(17,18)19/h6-8H,5H2,1-4H3,(H,20,24). The summed E-state index contributed by atoms with van der Waals surface area (Å²) >= 11 is 6.89. The topological polar surface area (TPSA) is 59.3 Å². The average Bonchev–Trinajstić information content (AvgIpc) is 2.89. The van der Waals surface area contributed by atoms with Crippen LogP contribution in [0.25, 0.3) is 5.65 Å². The van der Waals surface area contributed by atoms with Gasteiger partial charge in [0, 0.05) is 11.7 Å². The molecule has 25 heavy (non-hydrogen) atoms. The summed E-state index contributed by atoms with van der Waals surface area (Å²) in [5.41, 5.74) is -1.17. The van der Waals surface area contributed by atoms with E-state index in [0.717, 1.165) is 34.8 Å². The molecule has 0 radical (unpaired) electrons. The Morgan fingerprint density at radius 3 is 2.60 bits per heavy atom. The maximum Gasteiger partial charge on any atom is 0.417 e. The van der Waals surface area contributed by atoms with Crippen LogP contribution in [-0.4, -0.2) is 31.3 Å². The normalized spacial score (nSPS) is 13.9. The van der Waals surface area contributed by atoms with Gasteiger partial charge in [0.15, 0.2) is 10.8 Å². The van der Waals surface area contributed by atoms with E-state index in [9.17, 15) is 18.0 Å². The van der Waals surface area contributed by atoms with Gasteiger partial charge in [-0.25, -0.2) is 0 Å². The van der Waals surface area contributed by atoms with Gasteiger partial charge in [-0.05, 0) is 33.3 Å². The van der Waals surface area contributed by atoms with Crippen LogP contribution in [0, 0.1) is 0 Å². The minimum atomic E-state index is -4.54. The predicted molar refractivity (Wildman–Crippen MR) is 90.8 cm³/mol. The lowest BCUT2D eigenvalue weighted by atomic mass is 10.0. The second-order valence-corrected chi connectivity index (χ2v) is 7.95. The summed E-state index contributed by atoms with van der Waals surface area (Å²) in [5.74, 6) is -0.230. The van der Waals surface area contributed by atoms with Crippen LogP contribution < -0.4 is 5.32 Å². The first-order valence-corrected chi connectivity index (χ1v) is 8.80. The van der Waals surface area contributed by atoms with Crippen molar-refractivity contribution in [2.24, 2.45) is 0 Å². The molecule has 0 fully saturated rings. The highest BCUT2D eigenvalue weighted by Crippen LogP contribution is 2.33. The number of halogens is 4. The van der Waals surface area contributed by atoms with E-state index in [2.05, 4.69) is 15.5 Å². The fraction of sp³-hybridized carbons (Fsp3) is 0.533. The van der Waals surface area contributed by atoms with Crippen LogP contribution in [0.5, 0.6) is 0 Å². The quantitative estimate of drug-likeness (QED) is 0.772. The molecule has 0 aromatic carbocycles. The van der Waals surface area contributed by atoms with Crippen molar-refractivity contribution in [2.45, 2.75) is 56.2 Å². The van der Waals surface area contributed by atoms with Crippen molar-refractivity contribution in [3.63, 3.8) is 0 Å². The molecule has 10 heteroatoms. The molecule has 0 saturated heterocycles. The molecule has 1 N–H and O–H groups in total. The number of fused-ring (bicyclic) bond motifs is 1. The Balaban J connectivity index is 2.29. The highest BCUT2D eigenvalue weighted by atomic mass is 35.5. The summed E-state index contributed by atoms with van der Waals surface area (Å²) < 4.78 is 40.1. The molecule has 5 nitrogen and oxygen atoms in total. The van der Waals surface area contributed by atoms with Crippen molar-refractivity contribution in [3.05, 3.63) is 22.8 Å². The third-order valence-electron chi connectivity index (χ3n) is 3.75. The Bertz CT molecular complexity index is 791. The number of hydrogen-bond acceptors (Lipinski definition) is 4. The first-order chi connectivity index (χ1) is 11.4. The molecule has 0 bridgehead atoms. The maximum absolute atomic E-state index is 13.0. The molecule has 0 aliphatic heterocycles. The number of alkyl halides is 3. The van der Waals surface area contributed by atoms with E-state index in [1.54, 1.807) is 6.92 Å². The molecule has 1 atom stereocenters. The maximum atomic E-state index is 13.0. The van der Waals surface area contributed by atoms with Crippen molar-refractivity contribution in [1.29, 1.82) is 0 Å². The molecular weight excluding hydrogens is 377 g/mol. The molecule has 1 unspecified atom stereocenters. The lowest BCUT2D eigenvalue weighted by Crippen LogP contribution is -2.46. The zero-order chi connectivity index (χ0) is 19.0. The van der Waals surface area contributed by atoms with Gasteiger partial charge in [0.2, 0.25) is 5.91 Å². The van der Waals surface area contributed by atoms with Gasteiger partial charge in [0.05, 0.1) is 15.8 Å². The number of amides is 1. The van der Waals surface area contributed by atoms with Gasteiger partial charge in [-0.1, -0.05) is 30.3 Å². The summed E-state index contributed by atoms with van der Waals surface area (Å²) in [6, 6.07) is 0.805. The molecule has 0 spiro atoms. The second-order valence-electron chi connectivity index (χ2n) is 6.24. The Morgan fingerprint density at radius 2 is 2.04 bits per heavy atom. The van der Waals surface area contributed by atoms with Crippen LogP contribution in [0.3, 0.4) is 0 Å². The zero-order valence-corrected chi connectivity index (χ0v) is 15.7. The first kappa shape index (κ1) is 19.8. The third kappa shape index (κ3) is 4.58. The smallest absolute Gasteiger partial charge is 0.350 e. The summed E-state index contributed by atoms with van der Waals surface area (Å²) in [7, 11) is 0. The van der Waals surface area contributed by atoms with Crippen molar-refractivity contribution < 1.29 is 18.0 Å². The number of nitrogens with one attached hydrogen (secondary N) is 1. The lowest BCUT2D eigenvalue weighted by Gasteiger charge is -2.26. The molecule has 2 aromatic heterocycles. The monoisotopic (exact) mass is 394 g/mol. The van der Waals surface area contributed by atoms with E-state index >= 15 is 0 Å². The second kappa shape index (κ2) is 7.03. The molecule has 138 valence electrons. The van der Waals surface area contributed by atoms with E-state index in [4.69, 9.17) is 11.6 Å².